The van der Waals surface area contributed by atoms with Crippen LogP contribution in [0.1, 0.15) is 39.5 Å². The molecule has 0 radical (unpaired) electrons. The molecule has 2 heteroatoms. The maximum atomic E-state index is 2.24. The second kappa shape index (κ2) is 11.7. The third-order valence-electron chi connectivity index (χ3n) is 1.74. The molecule has 0 atom stereocenters. The van der Waals surface area contributed by atoms with Crippen LogP contribution in [-0.4, -0.2) is 23.0 Å². The molecule has 0 fully saturated rings. The molecule has 0 saturated carbocycles. The van der Waals surface area contributed by atoms with E-state index in [1.165, 1.54) is 48.7 Å². The van der Waals surface area contributed by atoms with Crippen molar-refractivity contribution in [2.45, 2.75) is 39.5 Å². The van der Waals surface area contributed by atoms with Gasteiger partial charge in [-0.05, 0) is 35.9 Å². The lowest BCUT2D eigenvalue weighted by molar-refractivity contribution is 0.711. The largest absolute Gasteiger partial charge is 0.162 e. The lowest BCUT2D eigenvalue weighted by atomic mass is 10.2. The lowest BCUT2D eigenvalue weighted by Crippen LogP contribution is -1.84. The lowest BCUT2D eigenvalue weighted by Gasteiger charge is -1.99. The second-order valence-electron chi connectivity index (χ2n) is 2.81. The van der Waals surface area contributed by atoms with Gasteiger partial charge in [0.1, 0.15) is 0 Å². The summed E-state index contributed by atoms with van der Waals surface area (Å²) in [4.78, 5) is 0. The number of hydrogen-bond donors (Lipinski definition) is 0. The van der Waals surface area contributed by atoms with Crippen LogP contribution in [0, 0.1) is 0 Å². The van der Waals surface area contributed by atoms with Gasteiger partial charge in [-0.1, -0.05) is 26.7 Å². The molecule has 0 bridgehead atoms. The molecule has 0 aliphatic rings. The zero-order chi connectivity index (χ0) is 9.07. The van der Waals surface area contributed by atoms with Crippen molar-refractivity contribution in [2.75, 3.05) is 23.0 Å². The van der Waals surface area contributed by atoms with Crippen molar-refractivity contribution in [1.29, 1.82) is 0 Å². The smallest absolute Gasteiger partial charge is 0.00676 e. The fourth-order valence-corrected chi connectivity index (χ4v) is 2.44. The molecule has 0 aliphatic carbocycles. The third-order valence-corrected chi connectivity index (χ3v) is 3.71. The predicted molar refractivity (Wildman–Crippen MR) is 64.5 cm³/mol. The van der Waals surface area contributed by atoms with E-state index in [1.54, 1.807) is 0 Å². The van der Waals surface area contributed by atoms with Crippen molar-refractivity contribution in [3.05, 3.63) is 0 Å². The van der Waals surface area contributed by atoms with Gasteiger partial charge in [-0.25, -0.2) is 0 Å². The summed E-state index contributed by atoms with van der Waals surface area (Å²) in [5, 5.41) is 0. The average Bonchev–Trinajstić information content (AvgIpc) is 2.10. The summed E-state index contributed by atoms with van der Waals surface area (Å²) in [6.45, 7) is 4.48. The van der Waals surface area contributed by atoms with Gasteiger partial charge in [0.15, 0.2) is 0 Å². The summed E-state index contributed by atoms with van der Waals surface area (Å²) in [6.07, 6.45) is 5.74. The van der Waals surface area contributed by atoms with Crippen LogP contribution in [0.3, 0.4) is 0 Å². The van der Waals surface area contributed by atoms with E-state index in [2.05, 4.69) is 37.4 Å². The molecule has 0 aromatic rings. The Morgan fingerprint density at radius 1 is 0.667 bits per heavy atom. The normalized spacial score (nSPS) is 10.5. The molecule has 0 nitrogen and oxygen atoms in total. The van der Waals surface area contributed by atoms with Gasteiger partial charge in [-0.3, -0.25) is 0 Å². The fraction of sp³-hybridized carbons (Fsp3) is 1.00. The molecule has 74 valence electrons. The van der Waals surface area contributed by atoms with E-state index in [9.17, 15) is 0 Å². The van der Waals surface area contributed by atoms with Crippen LogP contribution in [0.2, 0.25) is 0 Å². The van der Waals surface area contributed by atoms with Gasteiger partial charge in [-0.15, -0.1) is 0 Å². The maximum absolute atomic E-state index is 2.24. The summed E-state index contributed by atoms with van der Waals surface area (Å²) >= 11 is 4.14. The number of hydrogen-bond acceptors (Lipinski definition) is 2. The Labute approximate surface area is 86.3 Å². The van der Waals surface area contributed by atoms with Crippen LogP contribution in [0.25, 0.3) is 0 Å². The van der Waals surface area contributed by atoms with Crippen molar-refractivity contribution in [1.82, 2.24) is 0 Å². The van der Waals surface area contributed by atoms with E-state index in [-0.39, 0.29) is 0 Å². The Hall–Kier alpha value is 0.700. The second-order valence-corrected chi connectivity index (χ2v) is 5.60. The van der Waals surface area contributed by atoms with Crippen molar-refractivity contribution >= 4 is 23.5 Å². The summed E-state index contributed by atoms with van der Waals surface area (Å²) in [5.41, 5.74) is 0. The van der Waals surface area contributed by atoms with Crippen LogP contribution in [0.15, 0.2) is 0 Å². The molecule has 0 amide bonds. The highest BCUT2D eigenvalue weighted by Crippen LogP contribution is 2.09. The van der Waals surface area contributed by atoms with E-state index >= 15 is 0 Å². The number of unbranched alkanes of at least 4 members (excludes halogenated alkanes) is 3. The van der Waals surface area contributed by atoms with Gasteiger partial charge in [0.2, 0.25) is 0 Å². The Balaban J connectivity index is 2.73. The minimum atomic E-state index is 1.28. The molecular weight excluding hydrogens is 184 g/mol. The topological polar surface area (TPSA) is 0 Å². The van der Waals surface area contributed by atoms with Gasteiger partial charge in [0.25, 0.3) is 0 Å². The highest BCUT2D eigenvalue weighted by molar-refractivity contribution is 7.99. The average molecular weight is 206 g/mol. The highest BCUT2D eigenvalue weighted by Gasteiger charge is 1.90. The molecule has 0 aromatic heterocycles. The van der Waals surface area contributed by atoms with Crippen LogP contribution >= 0.6 is 23.5 Å². The molecule has 0 spiro atoms. The van der Waals surface area contributed by atoms with Crippen LogP contribution < -0.4 is 0 Å². The van der Waals surface area contributed by atoms with Crippen LogP contribution in [0.4, 0.5) is 0 Å². The summed E-state index contributed by atoms with van der Waals surface area (Å²) < 4.78 is 0. The van der Waals surface area contributed by atoms with Crippen LogP contribution in [-0.2, 0) is 0 Å². The van der Waals surface area contributed by atoms with Gasteiger partial charge < -0.3 is 0 Å². The quantitative estimate of drug-likeness (QED) is 0.522. The first-order chi connectivity index (χ1) is 5.91. The first-order valence-corrected chi connectivity index (χ1v) is 7.38. The Morgan fingerprint density at radius 3 is 1.42 bits per heavy atom. The van der Waals surface area contributed by atoms with Crippen molar-refractivity contribution < 1.29 is 0 Å². The van der Waals surface area contributed by atoms with Gasteiger partial charge in [0, 0.05) is 0 Å². The summed E-state index contributed by atoms with van der Waals surface area (Å²) in [7, 11) is 0. The van der Waals surface area contributed by atoms with E-state index < -0.39 is 0 Å². The van der Waals surface area contributed by atoms with Crippen molar-refractivity contribution in [3.63, 3.8) is 0 Å². The van der Waals surface area contributed by atoms with Gasteiger partial charge in [-0.2, -0.15) is 23.5 Å². The maximum Gasteiger partial charge on any atom is -0.00676 e. The molecule has 0 rings (SSSR count). The SMILES string of the molecule is CCSCCCCCCSCC. The molecule has 0 aromatic carbocycles. The fourth-order valence-electron chi connectivity index (χ4n) is 1.05. The first kappa shape index (κ1) is 12.7. The minimum Gasteiger partial charge on any atom is -0.162 e. The summed E-state index contributed by atoms with van der Waals surface area (Å²) in [5.74, 6) is 5.31. The molecule has 0 N–H and O–H groups in total. The molecule has 12 heavy (non-hydrogen) atoms. The molecular formula is C10H22S2. The molecule has 0 heterocycles. The molecule has 0 saturated heterocycles. The van der Waals surface area contributed by atoms with Crippen LogP contribution in [0.5, 0.6) is 0 Å². The number of thioether (sulfide) groups is 2. The van der Waals surface area contributed by atoms with Gasteiger partial charge in [0.05, 0.1) is 0 Å². The van der Waals surface area contributed by atoms with Crippen molar-refractivity contribution in [3.8, 4) is 0 Å². The van der Waals surface area contributed by atoms with E-state index in [1.807, 2.05) is 0 Å². The van der Waals surface area contributed by atoms with E-state index in [0.29, 0.717) is 0 Å². The monoisotopic (exact) mass is 206 g/mol. The Bertz CT molecular complexity index is 64.2. The Morgan fingerprint density at radius 2 is 1.08 bits per heavy atom. The zero-order valence-electron chi connectivity index (χ0n) is 8.47. The summed E-state index contributed by atoms with van der Waals surface area (Å²) in [6, 6.07) is 0. The Kier molecular flexibility index (Phi) is 12.4. The van der Waals surface area contributed by atoms with Gasteiger partial charge >= 0.3 is 0 Å². The third kappa shape index (κ3) is 10.7. The predicted octanol–water partition coefficient (Wildman–Crippen LogP) is 4.05. The minimum absolute atomic E-state index is 1.28. The number of rotatable bonds is 9. The van der Waals surface area contributed by atoms with E-state index in [4.69, 9.17) is 0 Å². The van der Waals surface area contributed by atoms with E-state index in [0.717, 1.165) is 0 Å². The standard InChI is InChI=1S/C10H22S2/c1-3-11-9-7-5-6-8-10-12-4-2/h3-10H2,1-2H3. The zero-order valence-corrected chi connectivity index (χ0v) is 10.1. The molecule has 0 aliphatic heterocycles. The van der Waals surface area contributed by atoms with Crippen molar-refractivity contribution in [2.24, 2.45) is 0 Å². The first-order valence-electron chi connectivity index (χ1n) is 5.07. The highest BCUT2D eigenvalue weighted by atomic mass is 32.2. The molecule has 0 unspecified atom stereocenters.